The molecule has 2 unspecified atom stereocenters. The third-order valence-electron chi connectivity index (χ3n) is 3.70. The Bertz CT molecular complexity index is 608. The smallest absolute Gasteiger partial charge is 0.308 e. The number of nitro benzene ring substituents is 1. The highest BCUT2D eigenvalue weighted by Crippen LogP contribution is 2.32. The Balaban J connectivity index is 2.34. The van der Waals surface area contributed by atoms with Gasteiger partial charge in [0.25, 0.3) is 5.69 Å². The molecule has 1 aromatic rings. The molecule has 0 saturated carbocycles. The molecule has 1 fully saturated rings. The summed E-state index contributed by atoms with van der Waals surface area (Å²) in [6.07, 6.45) is 0.523. The van der Waals surface area contributed by atoms with Gasteiger partial charge in [-0.1, -0.05) is 0 Å². The fraction of sp³-hybridized carbons (Fsp3) is 0.385. The molecule has 0 bridgehead atoms. The Morgan fingerprint density at radius 3 is 2.80 bits per heavy atom. The van der Waals surface area contributed by atoms with Crippen LogP contribution in [0.1, 0.15) is 18.9 Å². The first-order valence-corrected chi connectivity index (χ1v) is 6.13. The van der Waals surface area contributed by atoms with Gasteiger partial charge in [-0.25, -0.2) is 0 Å². The maximum Gasteiger partial charge on any atom is 0.308 e. The number of aliphatic carboxylic acids is 1. The molecule has 0 spiro atoms. The SMILES string of the molecule is CC1C(C(=O)O)CCN1c1ccc([N+](=O)[O-])c(C#N)c1. The summed E-state index contributed by atoms with van der Waals surface area (Å²) in [6, 6.07) is 5.88. The van der Waals surface area contributed by atoms with Gasteiger partial charge in [-0.2, -0.15) is 5.26 Å². The van der Waals surface area contributed by atoms with Gasteiger partial charge in [0.15, 0.2) is 0 Å². The average molecular weight is 275 g/mol. The van der Waals surface area contributed by atoms with Crippen molar-refractivity contribution in [2.24, 2.45) is 5.92 Å². The van der Waals surface area contributed by atoms with E-state index in [4.69, 9.17) is 10.4 Å². The molecular formula is C13H13N3O4. The predicted molar refractivity (Wildman–Crippen MR) is 70.4 cm³/mol. The minimum atomic E-state index is -0.845. The number of hydrogen-bond acceptors (Lipinski definition) is 5. The molecule has 20 heavy (non-hydrogen) atoms. The molecule has 0 radical (unpaired) electrons. The number of rotatable bonds is 3. The van der Waals surface area contributed by atoms with E-state index >= 15 is 0 Å². The molecule has 0 aromatic heterocycles. The number of carbonyl (C=O) groups is 1. The van der Waals surface area contributed by atoms with E-state index in [2.05, 4.69) is 0 Å². The normalized spacial score (nSPS) is 21.5. The van der Waals surface area contributed by atoms with E-state index in [1.807, 2.05) is 4.90 Å². The Hall–Kier alpha value is -2.62. The highest BCUT2D eigenvalue weighted by molar-refractivity contribution is 5.73. The Morgan fingerprint density at radius 1 is 1.60 bits per heavy atom. The first-order valence-electron chi connectivity index (χ1n) is 6.13. The van der Waals surface area contributed by atoms with Crippen LogP contribution in [0, 0.1) is 27.4 Å². The highest BCUT2D eigenvalue weighted by Gasteiger charge is 2.36. The maximum atomic E-state index is 11.1. The molecule has 1 N–H and O–H groups in total. The first kappa shape index (κ1) is 13.8. The van der Waals surface area contributed by atoms with Crippen molar-refractivity contribution in [1.29, 1.82) is 5.26 Å². The van der Waals surface area contributed by atoms with Crippen molar-refractivity contribution in [1.82, 2.24) is 0 Å². The lowest BCUT2D eigenvalue weighted by Crippen LogP contribution is -2.32. The number of carboxylic acids is 1. The van der Waals surface area contributed by atoms with Crippen molar-refractivity contribution < 1.29 is 14.8 Å². The van der Waals surface area contributed by atoms with Crippen LogP contribution in [-0.4, -0.2) is 28.6 Å². The van der Waals surface area contributed by atoms with E-state index in [0.717, 1.165) is 0 Å². The number of benzene rings is 1. The van der Waals surface area contributed by atoms with Crippen LogP contribution in [0.25, 0.3) is 0 Å². The molecule has 2 atom stereocenters. The van der Waals surface area contributed by atoms with E-state index in [-0.39, 0.29) is 17.3 Å². The van der Waals surface area contributed by atoms with Gasteiger partial charge in [-0.3, -0.25) is 14.9 Å². The van der Waals surface area contributed by atoms with E-state index in [9.17, 15) is 14.9 Å². The van der Waals surface area contributed by atoms with E-state index in [1.165, 1.54) is 12.1 Å². The summed E-state index contributed by atoms with van der Waals surface area (Å²) in [6.45, 7) is 2.36. The summed E-state index contributed by atoms with van der Waals surface area (Å²) in [4.78, 5) is 23.1. The van der Waals surface area contributed by atoms with Gasteiger partial charge < -0.3 is 10.0 Å². The third-order valence-corrected chi connectivity index (χ3v) is 3.70. The monoisotopic (exact) mass is 275 g/mol. The average Bonchev–Trinajstić information content (AvgIpc) is 2.79. The van der Waals surface area contributed by atoms with Gasteiger partial charge in [0, 0.05) is 24.3 Å². The van der Waals surface area contributed by atoms with Crippen LogP contribution in [0.15, 0.2) is 18.2 Å². The van der Waals surface area contributed by atoms with Gasteiger partial charge in [0.05, 0.1) is 10.8 Å². The first-order chi connectivity index (χ1) is 9.45. The topological polar surface area (TPSA) is 107 Å². The number of carboxylic acid groups (broad SMARTS) is 1. The Morgan fingerprint density at radius 2 is 2.30 bits per heavy atom. The van der Waals surface area contributed by atoms with E-state index < -0.39 is 16.8 Å². The van der Waals surface area contributed by atoms with Crippen molar-refractivity contribution in [2.45, 2.75) is 19.4 Å². The van der Waals surface area contributed by atoms with Gasteiger partial charge in [-0.15, -0.1) is 0 Å². The standard InChI is InChI=1S/C13H13N3O4/c1-8-11(13(17)18)4-5-15(8)10-2-3-12(16(19)20)9(6-10)7-14/h2-3,6,8,11H,4-5H2,1H3,(H,17,18). The van der Waals surface area contributed by atoms with Gasteiger partial charge in [0.1, 0.15) is 11.6 Å². The molecule has 1 aliphatic heterocycles. The van der Waals surface area contributed by atoms with Gasteiger partial charge in [0.2, 0.25) is 0 Å². The molecule has 104 valence electrons. The molecule has 1 saturated heterocycles. The second-order valence-electron chi connectivity index (χ2n) is 4.74. The number of nitriles is 1. The quantitative estimate of drug-likeness (QED) is 0.665. The van der Waals surface area contributed by atoms with Crippen LogP contribution in [0.3, 0.4) is 0 Å². The maximum absolute atomic E-state index is 11.1. The molecule has 1 aliphatic rings. The van der Waals surface area contributed by atoms with Crippen LogP contribution < -0.4 is 4.90 Å². The molecule has 1 aromatic carbocycles. The summed E-state index contributed by atoms with van der Waals surface area (Å²) in [5.74, 6) is -1.31. The molecule has 1 heterocycles. The number of hydrogen-bond donors (Lipinski definition) is 1. The number of nitrogens with zero attached hydrogens (tertiary/aromatic N) is 3. The molecule has 2 rings (SSSR count). The van der Waals surface area contributed by atoms with E-state index in [1.54, 1.807) is 19.1 Å². The molecule has 0 amide bonds. The largest absolute Gasteiger partial charge is 0.481 e. The Kier molecular flexibility index (Phi) is 3.57. The zero-order chi connectivity index (χ0) is 14.9. The zero-order valence-electron chi connectivity index (χ0n) is 10.8. The molecule has 0 aliphatic carbocycles. The fourth-order valence-electron chi connectivity index (χ4n) is 2.59. The van der Waals surface area contributed by atoms with Crippen LogP contribution in [0.2, 0.25) is 0 Å². The van der Waals surface area contributed by atoms with Crippen molar-refractivity contribution in [2.75, 3.05) is 11.4 Å². The molecule has 7 heteroatoms. The fourth-order valence-corrected chi connectivity index (χ4v) is 2.59. The lowest BCUT2D eigenvalue weighted by molar-refractivity contribution is -0.385. The van der Waals surface area contributed by atoms with Crippen molar-refractivity contribution >= 4 is 17.3 Å². The van der Waals surface area contributed by atoms with E-state index in [0.29, 0.717) is 18.7 Å². The summed E-state index contributed by atoms with van der Waals surface area (Å²) in [5, 5.41) is 28.9. The number of nitro groups is 1. The minimum Gasteiger partial charge on any atom is -0.481 e. The zero-order valence-corrected chi connectivity index (χ0v) is 10.8. The van der Waals surface area contributed by atoms with Crippen LogP contribution in [0.4, 0.5) is 11.4 Å². The Labute approximate surface area is 115 Å². The molecular weight excluding hydrogens is 262 g/mol. The lowest BCUT2D eigenvalue weighted by Gasteiger charge is -2.25. The van der Waals surface area contributed by atoms with Crippen LogP contribution >= 0.6 is 0 Å². The van der Waals surface area contributed by atoms with Gasteiger partial charge in [-0.05, 0) is 25.5 Å². The van der Waals surface area contributed by atoms with Crippen LogP contribution in [-0.2, 0) is 4.79 Å². The summed E-state index contributed by atoms with van der Waals surface area (Å²) in [7, 11) is 0. The van der Waals surface area contributed by atoms with Crippen molar-refractivity contribution in [3.63, 3.8) is 0 Å². The van der Waals surface area contributed by atoms with Crippen molar-refractivity contribution in [3.05, 3.63) is 33.9 Å². The summed E-state index contributed by atoms with van der Waals surface area (Å²) >= 11 is 0. The highest BCUT2D eigenvalue weighted by atomic mass is 16.6. The van der Waals surface area contributed by atoms with Gasteiger partial charge >= 0.3 is 5.97 Å². The third kappa shape index (κ3) is 2.28. The minimum absolute atomic E-state index is 0.0153. The van der Waals surface area contributed by atoms with Crippen LogP contribution in [0.5, 0.6) is 0 Å². The van der Waals surface area contributed by atoms with Crippen molar-refractivity contribution in [3.8, 4) is 6.07 Å². The summed E-state index contributed by atoms with van der Waals surface area (Å²) in [5.41, 5.74) is 0.389. The lowest BCUT2D eigenvalue weighted by atomic mass is 10.0. The predicted octanol–water partition coefficient (Wildman–Crippen LogP) is 1.77. The summed E-state index contributed by atoms with van der Waals surface area (Å²) < 4.78 is 0. The second kappa shape index (κ2) is 5.17. The second-order valence-corrected chi connectivity index (χ2v) is 4.74. The number of anilines is 1. The molecule has 7 nitrogen and oxygen atoms in total.